The molecule has 0 spiro atoms. The standard InChI is InChI=1S/C9H11F2NO/c1-13-5-4-12-9-3-2-7(10)6-8(9)11/h2-3,6,12H,4-5H2,1H3. The third-order valence-electron chi connectivity index (χ3n) is 1.55. The molecule has 13 heavy (non-hydrogen) atoms. The van der Waals surface area contributed by atoms with E-state index in [1.807, 2.05) is 0 Å². The van der Waals surface area contributed by atoms with Gasteiger partial charge >= 0.3 is 0 Å². The highest BCUT2D eigenvalue weighted by atomic mass is 19.1. The van der Waals surface area contributed by atoms with Gasteiger partial charge in [0.25, 0.3) is 0 Å². The van der Waals surface area contributed by atoms with Gasteiger partial charge in [0.1, 0.15) is 11.6 Å². The zero-order valence-corrected chi connectivity index (χ0v) is 7.31. The molecule has 1 aromatic rings. The molecule has 0 radical (unpaired) electrons. The lowest BCUT2D eigenvalue weighted by atomic mass is 10.3. The highest BCUT2D eigenvalue weighted by Crippen LogP contribution is 2.14. The molecule has 0 fully saturated rings. The van der Waals surface area contributed by atoms with Gasteiger partial charge in [-0.3, -0.25) is 0 Å². The Morgan fingerprint density at radius 2 is 2.15 bits per heavy atom. The molecular formula is C9H11F2NO. The summed E-state index contributed by atoms with van der Waals surface area (Å²) in [6.07, 6.45) is 0. The summed E-state index contributed by atoms with van der Waals surface area (Å²) in [5, 5.41) is 2.77. The van der Waals surface area contributed by atoms with Crippen molar-refractivity contribution in [1.29, 1.82) is 0 Å². The van der Waals surface area contributed by atoms with E-state index in [9.17, 15) is 8.78 Å². The number of halogens is 2. The molecule has 0 atom stereocenters. The molecule has 72 valence electrons. The van der Waals surface area contributed by atoms with E-state index in [2.05, 4.69) is 5.32 Å². The van der Waals surface area contributed by atoms with Gasteiger partial charge in [-0.25, -0.2) is 8.78 Å². The molecule has 0 saturated heterocycles. The van der Waals surface area contributed by atoms with Gasteiger partial charge in [-0.1, -0.05) is 0 Å². The number of hydrogen-bond donors (Lipinski definition) is 1. The molecule has 0 unspecified atom stereocenters. The highest BCUT2D eigenvalue weighted by Gasteiger charge is 2.01. The molecule has 1 N–H and O–H groups in total. The van der Waals surface area contributed by atoms with Crippen LogP contribution in [-0.2, 0) is 4.74 Å². The Labute approximate surface area is 75.5 Å². The largest absolute Gasteiger partial charge is 0.383 e. The fourth-order valence-corrected chi connectivity index (χ4v) is 0.921. The number of ether oxygens (including phenoxy) is 1. The SMILES string of the molecule is COCCNc1ccc(F)cc1F. The number of rotatable bonds is 4. The maximum atomic E-state index is 12.9. The number of methoxy groups -OCH3 is 1. The van der Waals surface area contributed by atoms with Crippen LogP contribution >= 0.6 is 0 Å². The van der Waals surface area contributed by atoms with Crippen LogP contribution in [0, 0.1) is 11.6 Å². The zero-order chi connectivity index (χ0) is 9.68. The zero-order valence-electron chi connectivity index (χ0n) is 7.31. The van der Waals surface area contributed by atoms with E-state index >= 15 is 0 Å². The molecule has 0 aliphatic carbocycles. The van der Waals surface area contributed by atoms with Crippen LogP contribution in [-0.4, -0.2) is 20.3 Å². The average molecular weight is 187 g/mol. The van der Waals surface area contributed by atoms with E-state index in [0.717, 1.165) is 6.07 Å². The molecule has 0 amide bonds. The normalized spacial score (nSPS) is 10.1. The Balaban J connectivity index is 2.56. The smallest absolute Gasteiger partial charge is 0.149 e. The van der Waals surface area contributed by atoms with Crippen molar-refractivity contribution in [3.63, 3.8) is 0 Å². The second-order valence-corrected chi connectivity index (χ2v) is 2.54. The predicted molar refractivity (Wildman–Crippen MR) is 46.7 cm³/mol. The lowest BCUT2D eigenvalue weighted by Gasteiger charge is -2.06. The Morgan fingerprint density at radius 3 is 2.77 bits per heavy atom. The molecule has 1 rings (SSSR count). The van der Waals surface area contributed by atoms with Crippen LogP contribution in [0.2, 0.25) is 0 Å². The van der Waals surface area contributed by atoms with Gasteiger partial charge in [-0.2, -0.15) is 0 Å². The van der Waals surface area contributed by atoms with Crippen LogP contribution in [0.25, 0.3) is 0 Å². The van der Waals surface area contributed by atoms with Crippen molar-refractivity contribution in [1.82, 2.24) is 0 Å². The van der Waals surface area contributed by atoms with Crippen molar-refractivity contribution in [3.8, 4) is 0 Å². The molecule has 4 heteroatoms. The summed E-state index contributed by atoms with van der Waals surface area (Å²) in [7, 11) is 1.56. The molecule has 0 saturated carbocycles. The van der Waals surface area contributed by atoms with E-state index < -0.39 is 11.6 Å². The minimum Gasteiger partial charge on any atom is -0.383 e. The van der Waals surface area contributed by atoms with E-state index in [1.165, 1.54) is 12.1 Å². The summed E-state index contributed by atoms with van der Waals surface area (Å²) in [6, 6.07) is 3.41. The summed E-state index contributed by atoms with van der Waals surface area (Å²) in [5.41, 5.74) is 0.290. The topological polar surface area (TPSA) is 21.3 Å². The Bertz CT molecular complexity index is 278. The van der Waals surface area contributed by atoms with Crippen molar-refractivity contribution in [2.45, 2.75) is 0 Å². The minimum atomic E-state index is -0.587. The fraction of sp³-hybridized carbons (Fsp3) is 0.333. The molecule has 1 aromatic carbocycles. The molecule has 0 aliphatic rings. The molecule has 2 nitrogen and oxygen atoms in total. The van der Waals surface area contributed by atoms with Crippen molar-refractivity contribution < 1.29 is 13.5 Å². The summed E-state index contributed by atoms with van der Waals surface area (Å²) < 4.78 is 30.1. The van der Waals surface area contributed by atoms with Gasteiger partial charge in [0.05, 0.1) is 12.3 Å². The van der Waals surface area contributed by atoms with Gasteiger partial charge in [0, 0.05) is 19.7 Å². The van der Waals surface area contributed by atoms with Gasteiger partial charge in [-0.05, 0) is 12.1 Å². The molecule has 0 heterocycles. The second-order valence-electron chi connectivity index (χ2n) is 2.54. The lowest BCUT2D eigenvalue weighted by molar-refractivity contribution is 0.210. The number of nitrogens with one attached hydrogen (secondary N) is 1. The third-order valence-corrected chi connectivity index (χ3v) is 1.55. The second kappa shape index (κ2) is 4.77. The van der Waals surface area contributed by atoms with E-state index in [-0.39, 0.29) is 0 Å². The van der Waals surface area contributed by atoms with Gasteiger partial charge in [0.2, 0.25) is 0 Å². The van der Waals surface area contributed by atoms with E-state index in [1.54, 1.807) is 7.11 Å². The highest BCUT2D eigenvalue weighted by molar-refractivity contribution is 5.44. The maximum Gasteiger partial charge on any atom is 0.149 e. The first kappa shape index (κ1) is 9.92. The number of hydrogen-bond acceptors (Lipinski definition) is 2. The molecule has 0 aliphatic heterocycles. The van der Waals surface area contributed by atoms with Gasteiger partial charge < -0.3 is 10.1 Å². The minimum absolute atomic E-state index is 0.290. The van der Waals surface area contributed by atoms with Crippen LogP contribution in [0.5, 0.6) is 0 Å². The third kappa shape index (κ3) is 2.99. The first-order chi connectivity index (χ1) is 6.24. The maximum absolute atomic E-state index is 12.9. The summed E-state index contributed by atoms with van der Waals surface area (Å²) in [5.74, 6) is -1.16. The molecule has 0 aromatic heterocycles. The quantitative estimate of drug-likeness (QED) is 0.728. The first-order valence-corrected chi connectivity index (χ1v) is 3.92. The summed E-state index contributed by atoms with van der Waals surface area (Å²) in [6.45, 7) is 0.982. The van der Waals surface area contributed by atoms with Crippen molar-refractivity contribution in [2.24, 2.45) is 0 Å². The predicted octanol–water partition coefficient (Wildman–Crippen LogP) is 2.02. The Morgan fingerprint density at radius 1 is 1.38 bits per heavy atom. The Kier molecular flexibility index (Phi) is 3.64. The van der Waals surface area contributed by atoms with Crippen molar-refractivity contribution in [3.05, 3.63) is 29.8 Å². The van der Waals surface area contributed by atoms with Crippen LogP contribution < -0.4 is 5.32 Å². The number of benzene rings is 1. The van der Waals surface area contributed by atoms with E-state index in [4.69, 9.17) is 4.74 Å². The monoisotopic (exact) mass is 187 g/mol. The molecule has 0 bridgehead atoms. The number of anilines is 1. The van der Waals surface area contributed by atoms with E-state index in [0.29, 0.717) is 18.8 Å². The van der Waals surface area contributed by atoms with Crippen molar-refractivity contribution >= 4 is 5.69 Å². The van der Waals surface area contributed by atoms with Gasteiger partial charge in [-0.15, -0.1) is 0 Å². The van der Waals surface area contributed by atoms with Gasteiger partial charge in [0.15, 0.2) is 0 Å². The Hall–Kier alpha value is -1.16. The molecular weight excluding hydrogens is 176 g/mol. The summed E-state index contributed by atoms with van der Waals surface area (Å²) in [4.78, 5) is 0. The first-order valence-electron chi connectivity index (χ1n) is 3.92. The van der Waals surface area contributed by atoms with Crippen LogP contribution in [0.3, 0.4) is 0 Å². The fourth-order valence-electron chi connectivity index (χ4n) is 0.921. The van der Waals surface area contributed by atoms with Crippen LogP contribution in [0.15, 0.2) is 18.2 Å². The average Bonchev–Trinajstić information content (AvgIpc) is 2.09. The summed E-state index contributed by atoms with van der Waals surface area (Å²) >= 11 is 0. The lowest BCUT2D eigenvalue weighted by Crippen LogP contribution is -2.08. The van der Waals surface area contributed by atoms with Crippen LogP contribution in [0.1, 0.15) is 0 Å². The van der Waals surface area contributed by atoms with Crippen molar-refractivity contribution in [2.75, 3.05) is 25.6 Å². The van der Waals surface area contributed by atoms with Crippen LogP contribution in [0.4, 0.5) is 14.5 Å².